The number of rotatable bonds is 1. The smallest absolute Gasteiger partial charge is 0.253 e. The van der Waals surface area contributed by atoms with Crippen LogP contribution in [0, 0.1) is 6.92 Å². The molecule has 6 heteroatoms. The van der Waals surface area contributed by atoms with Gasteiger partial charge in [-0.15, -0.1) is 5.10 Å². The molecule has 22 heavy (non-hydrogen) atoms. The van der Waals surface area contributed by atoms with Gasteiger partial charge in [-0.2, -0.15) is 9.50 Å². The Hall–Kier alpha value is -3.15. The van der Waals surface area contributed by atoms with Gasteiger partial charge in [-0.25, -0.2) is 4.98 Å². The zero-order valence-electron chi connectivity index (χ0n) is 12.0. The molecule has 0 saturated heterocycles. The van der Waals surface area contributed by atoms with Gasteiger partial charge in [-0.3, -0.25) is 4.90 Å². The molecular formula is C16H14N6. The molecule has 0 amide bonds. The minimum Gasteiger partial charge on any atom is -0.368 e. The van der Waals surface area contributed by atoms with Crippen molar-refractivity contribution in [2.45, 2.75) is 6.92 Å². The van der Waals surface area contributed by atoms with Crippen molar-refractivity contribution in [3.05, 3.63) is 60.5 Å². The monoisotopic (exact) mass is 290 g/mol. The lowest BCUT2D eigenvalue weighted by Gasteiger charge is -2.07. The van der Waals surface area contributed by atoms with Crippen LogP contribution in [0.1, 0.15) is 5.56 Å². The zero-order chi connectivity index (χ0) is 15.1. The van der Waals surface area contributed by atoms with Crippen LogP contribution in [0.5, 0.6) is 0 Å². The molecule has 0 saturated carbocycles. The Balaban J connectivity index is 1.99. The third kappa shape index (κ3) is 1.85. The van der Waals surface area contributed by atoms with Gasteiger partial charge < -0.3 is 5.73 Å². The van der Waals surface area contributed by atoms with E-state index in [9.17, 15) is 0 Å². The number of para-hydroxylation sites is 1. The Morgan fingerprint density at radius 3 is 2.55 bits per heavy atom. The second-order valence-electron chi connectivity index (χ2n) is 5.06. The molecule has 1 aliphatic rings. The number of hydrogen-bond donors (Lipinski definition) is 1. The van der Waals surface area contributed by atoms with Gasteiger partial charge in [-0.05, 0) is 30.7 Å². The fourth-order valence-corrected chi connectivity index (χ4v) is 2.49. The van der Waals surface area contributed by atoms with Gasteiger partial charge in [0.25, 0.3) is 5.95 Å². The Kier molecular flexibility index (Phi) is 2.69. The number of nitrogen functional groups attached to an aromatic ring is 1. The van der Waals surface area contributed by atoms with Crippen LogP contribution < -0.4 is 10.6 Å². The second-order valence-corrected chi connectivity index (χ2v) is 5.06. The first-order valence-corrected chi connectivity index (χ1v) is 6.95. The van der Waals surface area contributed by atoms with E-state index in [1.807, 2.05) is 66.7 Å². The summed E-state index contributed by atoms with van der Waals surface area (Å²) in [6.45, 7) is 2.01. The highest BCUT2D eigenvalue weighted by atomic mass is 15.4. The highest BCUT2D eigenvalue weighted by Gasteiger charge is 2.15. The van der Waals surface area contributed by atoms with Crippen LogP contribution in [0.3, 0.4) is 0 Å². The van der Waals surface area contributed by atoms with Gasteiger partial charge in [0.2, 0.25) is 5.95 Å². The largest absolute Gasteiger partial charge is 0.368 e. The van der Waals surface area contributed by atoms with Gasteiger partial charge in [0.15, 0.2) is 5.65 Å². The highest BCUT2D eigenvalue weighted by Crippen LogP contribution is 2.24. The number of aromatic nitrogens is 4. The molecule has 0 radical (unpaired) electrons. The van der Waals surface area contributed by atoms with E-state index in [4.69, 9.17) is 5.73 Å². The second kappa shape index (κ2) is 4.70. The van der Waals surface area contributed by atoms with E-state index in [2.05, 4.69) is 15.1 Å². The lowest BCUT2D eigenvalue weighted by atomic mass is 10.1. The van der Waals surface area contributed by atoms with Gasteiger partial charge >= 0.3 is 0 Å². The lowest BCUT2D eigenvalue weighted by Crippen LogP contribution is -2.08. The molecule has 4 rings (SSSR count). The average Bonchev–Trinajstić information content (AvgIpc) is 2.79. The Labute approximate surface area is 126 Å². The van der Waals surface area contributed by atoms with Gasteiger partial charge in [0.1, 0.15) is 0 Å². The molecule has 3 heterocycles. The summed E-state index contributed by atoms with van der Waals surface area (Å²) in [5.41, 5.74) is 8.68. The number of hydrogen-bond acceptors (Lipinski definition) is 5. The minimum absolute atomic E-state index is 0.330. The molecule has 108 valence electrons. The fraction of sp³-hybridized carbons (Fsp3) is 0.0625. The van der Waals surface area contributed by atoms with Gasteiger partial charge in [-0.1, -0.05) is 24.3 Å². The standard InChI is InChI=1S/C16H14N6/c1-11-7-6-8-12-13(11)18-15(17)22-14(12)19-16(20-22)21-9-4-2-3-5-10-21/h2-10H,1H3,(H2,17,18). The first-order valence-electron chi connectivity index (χ1n) is 6.95. The van der Waals surface area contributed by atoms with E-state index in [-0.39, 0.29) is 0 Å². The number of nitrogens with two attached hydrogens (primary N) is 1. The first kappa shape index (κ1) is 12.6. The van der Waals surface area contributed by atoms with E-state index in [1.54, 1.807) is 4.52 Å². The van der Waals surface area contributed by atoms with E-state index in [1.165, 1.54) is 0 Å². The summed E-state index contributed by atoms with van der Waals surface area (Å²) < 4.78 is 1.58. The number of anilines is 2. The Morgan fingerprint density at radius 1 is 1.00 bits per heavy atom. The predicted molar refractivity (Wildman–Crippen MR) is 87.3 cm³/mol. The Morgan fingerprint density at radius 2 is 1.77 bits per heavy atom. The summed E-state index contributed by atoms with van der Waals surface area (Å²) in [6.07, 6.45) is 11.5. The molecule has 1 aromatic carbocycles. The summed E-state index contributed by atoms with van der Waals surface area (Å²) in [7, 11) is 0. The van der Waals surface area contributed by atoms with Crippen molar-refractivity contribution in [1.82, 2.24) is 19.6 Å². The van der Waals surface area contributed by atoms with Crippen LogP contribution in [0.2, 0.25) is 0 Å². The molecule has 0 fully saturated rings. The van der Waals surface area contributed by atoms with Gasteiger partial charge in [0.05, 0.1) is 5.52 Å². The molecule has 0 spiro atoms. The maximum atomic E-state index is 6.05. The zero-order valence-corrected chi connectivity index (χ0v) is 12.0. The quantitative estimate of drug-likeness (QED) is 0.745. The molecule has 0 atom stereocenters. The fourth-order valence-electron chi connectivity index (χ4n) is 2.49. The number of benzene rings is 1. The van der Waals surface area contributed by atoms with Crippen molar-refractivity contribution < 1.29 is 0 Å². The highest BCUT2D eigenvalue weighted by molar-refractivity contribution is 5.94. The number of fused-ring (bicyclic) bond motifs is 3. The van der Waals surface area contributed by atoms with E-state index in [0.29, 0.717) is 17.5 Å². The number of allylic oxidation sites excluding steroid dienone is 4. The average molecular weight is 290 g/mol. The molecule has 3 aromatic rings. The first-order chi connectivity index (χ1) is 10.7. The van der Waals surface area contributed by atoms with Crippen LogP contribution in [0.15, 0.2) is 54.9 Å². The number of aryl methyl sites for hydroxylation is 1. The third-order valence-corrected chi connectivity index (χ3v) is 3.58. The van der Waals surface area contributed by atoms with Crippen LogP contribution in [-0.4, -0.2) is 19.6 Å². The Bertz CT molecular complexity index is 948. The third-order valence-electron chi connectivity index (χ3n) is 3.58. The van der Waals surface area contributed by atoms with Crippen LogP contribution >= 0.6 is 0 Å². The van der Waals surface area contributed by atoms with Crippen molar-refractivity contribution in [3.8, 4) is 0 Å². The van der Waals surface area contributed by atoms with Crippen molar-refractivity contribution >= 4 is 28.4 Å². The summed E-state index contributed by atoms with van der Waals surface area (Å²) in [4.78, 5) is 10.9. The van der Waals surface area contributed by atoms with Gasteiger partial charge in [0, 0.05) is 17.8 Å². The summed E-state index contributed by atoms with van der Waals surface area (Å²) in [6, 6.07) is 5.98. The van der Waals surface area contributed by atoms with Crippen molar-refractivity contribution in [2.24, 2.45) is 0 Å². The molecule has 1 aliphatic heterocycles. The maximum Gasteiger partial charge on any atom is 0.253 e. The van der Waals surface area contributed by atoms with Crippen LogP contribution in [0.4, 0.5) is 11.9 Å². The predicted octanol–water partition coefficient (Wildman–Crippen LogP) is 2.57. The topological polar surface area (TPSA) is 72.3 Å². The SMILES string of the molecule is Cc1cccc2c1nc(N)n1nc(N3C=CC=CC=C3)nc21. The molecule has 0 aliphatic carbocycles. The van der Waals surface area contributed by atoms with Crippen molar-refractivity contribution in [2.75, 3.05) is 10.6 Å². The molecule has 2 aromatic heterocycles. The molecule has 2 N–H and O–H groups in total. The molecular weight excluding hydrogens is 276 g/mol. The van der Waals surface area contributed by atoms with E-state index < -0.39 is 0 Å². The minimum atomic E-state index is 0.330. The summed E-state index contributed by atoms with van der Waals surface area (Å²) in [5, 5.41) is 5.41. The maximum absolute atomic E-state index is 6.05. The van der Waals surface area contributed by atoms with Crippen LogP contribution in [-0.2, 0) is 0 Å². The lowest BCUT2D eigenvalue weighted by molar-refractivity contribution is 0.938. The van der Waals surface area contributed by atoms with Crippen LogP contribution in [0.25, 0.3) is 16.6 Å². The van der Waals surface area contributed by atoms with Crippen molar-refractivity contribution in [3.63, 3.8) is 0 Å². The molecule has 0 bridgehead atoms. The van der Waals surface area contributed by atoms with E-state index in [0.717, 1.165) is 16.5 Å². The normalized spacial score (nSPS) is 14.1. The van der Waals surface area contributed by atoms with Crippen molar-refractivity contribution in [1.29, 1.82) is 0 Å². The van der Waals surface area contributed by atoms with E-state index >= 15 is 0 Å². The summed E-state index contributed by atoms with van der Waals surface area (Å²) in [5.74, 6) is 0.884. The molecule has 0 unspecified atom stereocenters. The molecule has 6 nitrogen and oxygen atoms in total. The number of nitrogens with zero attached hydrogens (tertiary/aromatic N) is 5. The summed E-state index contributed by atoms with van der Waals surface area (Å²) >= 11 is 0.